The summed E-state index contributed by atoms with van der Waals surface area (Å²) in [5.41, 5.74) is 0. The van der Waals surface area contributed by atoms with Crippen molar-refractivity contribution in [2.24, 2.45) is 4.99 Å². The van der Waals surface area contributed by atoms with E-state index in [1.165, 1.54) is 4.90 Å². The number of furan rings is 1. The van der Waals surface area contributed by atoms with Gasteiger partial charge < -0.3 is 4.42 Å². The van der Waals surface area contributed by atoms with Gasteiger partial charge in [-0.1, -0.05) is 0 Å². The van der Waals surface area contributed by atoms with Gasteiger partial charge in [-0.2, -0.15) is 0 Å². The van der Waals surface area contributed by atoms with Crippen molar-refractivity contribution in [1.82, 2.24) is 4.90 Å². The molecule has 0 N–H and O–H groups in total. The topological polar surface area (TPSA) is 45.8 Å². The van der Waals surface area contributed by atoms with E-state index in [-0.39, 0.29) is 12.5 Å². The molecule has 0 spiro atoms. The highest BCUT2D eigenvalue weighted by Crippen LogP contribution is 2.10. The van der Waals surface area contributed by atoms with Gasteiger partial charge in [0.2, 0.25) is 5.91 Å². The fraction of sp³-hybridized carbons (Fsp3) is 0.250. The van der Waals surface area contributed by atoms with Crippen LogP contribution in [-0.4, -0.2) is 30.2 Å². The van der Waals surface area contributed by atoms with Crippen molar-refractivity contribution in [3.8, 4) is 0 Å². The second-order valence-electron chi connectivity index (χ2n) is 2.57. The molecule has 0 bridgehead atoms. The van der Waals surface area contributed by atoms with Crippen LogP contribution in [0.15, 0.2) is 27.8 Å². The van der Waals surface area contributed by atoms with Crippen LogP contribution in [0.2, 0.25) is 0 Å². The third kappa shape index (κ3) is 0.922. The Morgan fingerprint density at radius 2 is 2.50 bits per heavy atom. The van der Waals surface area contributed by atoms with Crippen molar-refractivity contribution in [3.05, 3.63) is 24.2 Å². The first-order valence-corrected chi connectivity index (χ1v) is 3.64. The molecule has 1 aromatic rings. The molecule has 0 atom stereocenters. The summed E-state index contributed by atoms with van der Waals surface area (Å²) in [5.74, 6) is 1.26. The molecule has 0 aromatic carbocycles. The lowest BCUT2D eigenvalue weighted by Crippen LogP contribution is -2.28. The first kappa shape index (κ1) is 7.09. The van der Waals surface area contributed by atoms with Crippen LogP contribution in [0.4, 0.5) is 0 Å². The normalized spacial score (nSPS) is 16.9. The van der Waals surface area contributed by atoms with Gasteiger partial charge in [0.25, 0.3) is 0 Å². The highest BCUT2D eigenvalue weighted by atomic mass is 16.3. The molecule has 0 fully saturated rings. The summed E-state index contributed by atoms with van der Waals surface area (Å²) in [4.78, 5) is 16.6. The average molecular weight is 164 g/mol. The number of rotatable bonds is 1. The number of nitrogens with zero attached hydrogens (tertiary/aromatic N) is 2. The Labute approximate surface area is 69.5 Å². The van der Waals surface area contributed by atoms with E-state index in [9.17, 15) is 4.79 Å². The van der Waals surface area contributed by atoms with E-state index in [0.717, 1.165) is 0 Å². The Hall–Kier alpha value is -1.58. The molecule has 4 nitrogen and oxygen atoms in total. The lowest BCUT2D eigenvalue weighted by atomic mass is 10.4. The SMILES string of the molecule is CN1C(=O)CN=C1c1ccco1. The van der Waals surface area contributed by atoms with E-state index in [1.807, 2.05) is 0 Å². The van der Waals surface area contributed by atoms with Gasteiger partial charge in [0.15, 0.2) is 11.6 Å². The second-order valence-corrected chi connectivity index (χ2v) is 2.57. The Bertz CT molecular complexity index is 327. The third-order valence-corrected chi connectivity index (χ3v) is 1.80. The van der Waals surface area contributed by atoms with E-state index in [2.05, 4.69) is 4.99 Å². The van der Waals surface area contributed by atoms with Crippen LogP contribution in [0.3, 0.4) is 0 Å². The minimum Gasteiger partial charge on any atom is -0.461 e. The van der Waals surface area contributed by atoms with Crippen molar-refractivity contribution < 1.29 is 9.21 Å². The number of carbonyl (C=O) groups excluding carboxylic acids is 1. The largest absolute Gasteiger partial charge is 0.461 e. The standard InChI is InChI=1S/C8H8N2O2/c1-10-7(11)5-9-8(10)6-3-2-4-12-6/h2-4H,5H2,1H3. The molecule has 12 heavy (non-hydrogen) atoms. The minimum absolute atomic E-state index is 0.00130. The maximum atomic E-state index is 11.0. The highest BCUT2D eigenvalue weighted by molar-refractivity contribution is 6.10. The lowest BCUT2D eigenvalue weighted by Gasteiger charge is -2.08. The van der Waals surface area contributed by atoms with Crippen LogP contribution in [0.25, 0.3) is 0 Å². The molecule has 0 aliphatic carbocycles. The summed E-state index contributed by atoms with van der Waals surface area (Å²) >= 11 is 0. The molecule has 1 aromatic heterocycles. The lowest BCUT2D eigenvalue weighted by molar-refractivity contribution is -0.123. The van der Waals surface area contributed by atoms with Crippen molar-refractivity contribution in [2.45, 2.75) is 0 Å². The predicted molar refractivity (Wildman–Crippen MR) is 42.9 cm³/mol. The van der Waals surface area contributed by atoms with E-state index in [4.69, 9.17) is 4.42 Å². The Morgan fingerprint density at radius 1 is 1.67 bits per heavy atom. The van der Waals surface area contributed by atoms with Gasteiger partial charge in [-0.15, -0.1) is 0 Å². The van der Waals surface area contributed by atoms with Crippen molar-refractivity contribution >= 4 is 11.7 Å². The van der Waals surface area contributed by atoms with Crippen LogP contribution >= 0.6 is 0 Å². The van der Waals surface area contributed by atoms with Gasteiger partial charge in [-0.3, -0.25) is 14.7 Å². The van der Waals surface area contributed by atoms with E-state index >= 15 is 0 Å². The summed E-state index contributed by atoms with van der Waals surface area (Å²) in [5, 5.41) is 0. The van der Waals surface area contributed by atoms with Crippen molar-refractivity contribution in [3.63, 3.8) is 0 Å². The number of carbonyl (C=O) groups is 1. The van der Waals surface area contributed by atoms with E-state index < -0.39 is 0 Å². The van der Waals surface area contributed by atoms with E-state index in [0.29, 0.717) is 11.6 Å². The smallest absolute Gasteiger partial charge is 0.249 e. The summed E-state index contributed by atoms with van der Waals surface area (Å²) in [7, 11) is 1.69. The summed E-state index contributed by atoms with van der Waals surface area (Å²) in [6.07, 6.45) is 1.56. The highest BCUT2D eigenvalue weighted by Gasteiger charge is 2.23. The monoisotopic (exact) mass is 164 g/mol. The zero-order chi connectivity index (χ0) is 8.55. The molecule has 1 aliphatic rings. The predicted octanol–water partition coefficient (Wildman–Crippen LogP) is 0.498. The Morgan fingerprint density at radius 3 is 3.00 bits per heavy atom. The molecule has 2 heterocycles. The number of hydrogen-bond acceptors (Lipinski definition) is 3. The van der Waals surface area contributed by atoms with Crippen LogP contribution in [0, 0.1) is 0 Å². The fourth-order valence-electron chi connectivity index (χ4n) is 1.12. The Kier molecular flexibility index (Phi) is 1.46. The molecular weight excluding hydrogens is 156 g/mol. The van der Waals surface area contributed by atoms with Gasteiger partial charge in [-0.25, -0.2) is 0 Å². The molecule has 62 valence electrons. The molecule has 0 saturated carbocycles. The second kappa shape index (κ2) is 2.48. The van der Waals surface area contributed by atoms with Gasteiger partial charge in [-0.05, 0) is 12.1 Å². The quantitative estimate of drug-likeness (QED) is 0.606. The summed E-state index contributed by atoms with van der Waals surface area (Å²) < 4.78 is 5.11. The van der Waals surface area contributed by atoms with Gasteiger partial charge in [0.1, 0.15) is 6.54 Å². The molecule has 4 heteroatoms. The Balaban J connectivity index is 2.32. The van der Waals surface area contributed by atoms with Gasteiger partial charge >= 0.3 is 0 Å². The zero-order valence-electron chi connectivity index (χ0n) is 6.65. The number of amidine groups is 1. The molecule has 2 rings (SSSR count). The maximum Gasteiger partial charge on any atom is 0.249 e. The van der Waals surface area contributed by atoms with Crippen molar-refractivity contribution in [1.29, 1.82) is 0 Å². The van der Waals surface area contributed by atoms with Crippen LogP contribution in [0.5, 0.6) is 0 Å². The zero-order valence-corrected chi connectivity index (χ0v) is 6.65. The van der Waals surface area contributed by atoms with E-state index in [1.54, 1.807) is 25.4 Å². The first-order valence-electron chi connectivity index (χ1n) is 3.64. The first-order chi connectivity index (χ1) is 5.79. The molecule has 0 saturated heterocycles. The summed E-state index contributed by atoms with van der Waals surface area (Å²) in [6.45, 7) is 0.229. The molecule has 1 amide bonds. The average Bonchev–Trinajstić information content (AvgIpc) is 2.64. The molecule has 0 radical (unpaired) electrons. The number of amides is 1. The van der Waals surface area contributed by atoms with Crippen LogP contribution in [-0.2, 0) is 4.79 Å². The molecule has 1 aliphatic heterocycles. The van der Waals surface area contributed by atoms with Crippen molar-refractivity contribution in [2.75, 3.05) is 13.6 Å². The number of hydrogen-bond donors (Lipinski definition) is 0. The minimum atomic E-state index is 0.00130. The fourth-order valence-corrected chi connectivity index (χ4v) is 1.12. The third-order valence-electron chi connectivity index (χ3n) is 1.80. The van der Waals surface area contributed by atoms with Crippen LogP contribution < -0.4 is 0 Å². The number of aliphatic imine (C=N–C) groups is 1. The maximum absolute atomic E-state index is 11.0. The molecular formula is C8H8N2O2. The van der Waals surface area contributed by atoms with Gasteiger partial charge in [0, 0.05) is 7.05 Å². The van der Waals surface area contributed by atoms with Gasteiger partial charge in [0.05, 0.1) is 6.26 Å². The number of likely N-dealkylation sites (N-methyl/N-ethyl adjacent to an activating group) is 1. The molecule has 0 unspecified atom stereocenters. The van der Waals surface area contributed by atoms with Crippen LogP contribution in [0.1, 0.15) is 5.76 Å². The summed E-state index contributed by atoms with van der Waals surface area (Å²) in [6, 6.07) is 3.56.